The topological polar surface area (TPSA) is 56.2 Å². The van der Waals surface area contributed by atoms with Gasteiger partial charge in [-0.25, -0.2) is 0 Å². The Kier molecular flexibility index (Phi) is 6.14. The molecule has 0 radical (unpaired) electrons. The third-order valence-electron chi connectivity index (χ3n) is 3.33. The molecular formula is C17H16Br2N4OS. The molecule has 0 saturated carbocycles. The minimum absolute atomic E-state index is 0.218. The first-order chi connectivity index (χ1) is 12.0. The molecule has 0 N–H and O–H groups in total. The van der Waals surface area contributed by atoms with E-state index < -0.39 is 0 Å². The highest BCUT2D eigenvalue weighted by molar-refractivity contribution is 9.10. The van der Waals surface area contributed by atoms with Gasteiger partial charge in [0.05, 0.1) is 6.21 Å². The molecule has 0 bridgehead atoms. The van der Waals surface area contributed by atoms with Crippen LogP contribution in [-0.2, 0) is 5.75 Å². The van der Waals surface area contributed by atoms with Gasteiger partial charge >= 0.3 is 0 Å². The van der Waals surface area contributed by atoms with Crippen molar-refractivity contribution in [2.45, 2.75) is 30.7 Å². The number of halogens is 2. The lowest BCUT2D eigenvalue weighted by Gasteiger charge is -2.06. The normalized spacial score (nSPS) is 11.7. The van der Waals surface area contributed by atoms with Gasteiger partial charge in [-0.05, 0) is 45.8 Å². The third-order valence-corrected chi connectivity index (χ3v) is 5.27. The van der Waals surface area contributed by atoms with Crippen LogP contribution in [0.3, 0.4) is 0 Å². The van der Waals surface area contributed by atoms with Crippen LogP contribution in [0.25, 0.3) is 0 Å². The fraction of sp³-hybridized carbons (Fsp3) is 0.235. The summed E-state index contributed by atoms with van der Waals surface area (Å²) in [5.41, 5.74) is 1.22. The molecule has 0 aliphatic rings. The molecule has 8 heteroatoms. The van der Waals surface area contributed by atoms with Crippen LogP contribution >= 0.6 is 43.6 Å². The summed E-state index contributed by atoms with van der Waals surface area (Å²) in [6.07, 6.45) is 1.67. The number of hydrogen-bond acceptors (Lipinski definition) is 5. The molecule has 0 unspecified atom stereocenters. The average molecular weight is 484 g/mol. The molecule has 130 valence electrons. The van der Waals surface area contributed by atoms with E-state index in [-0.39, 0.29) is 5.92 Å². The molecule has 0 fully saturated rings. The van der Waals surface area contributed by atoms with Gasteiger partial charge in [-0.2, -0.15) is 9.78 Å². The van der Waals surface area contributed by atoms with E-state index in [4.69, 9.17) is 4.42 Å². The van der Waals surface area contributed by atoms with Crippen LogP contribution in [-0.4, -0.2) is 21.1 Å². The van der Waals surface area contributed by atoms with E-state index in [1.54, 1.807) is 22.7 Å². The zero-order valence-electron chi connectivity index (χ0n) is 13.7. The predicted molar refractivity (Wildman–Crippen MR) is 107 cm³/mol. The molecule has 0 aliphatic carbocycles. The Labute approximate surface area is 167 Å². The van der Waals surface area contributed by atoms with Crippen molar-refractivity contribution in [2.75, 3.05) is 0 Å². The lowest BCUT2D eigenvalue weighted by Crippen LogP contribution is -2.02. The molecule has 25 heavy (non-hydrogen) atoms. The van der Waals surface area contributed by atoms with Crippen molar-refractivity contribution in [3.05, 3.63) is 62.7 Å². The molecule has 3 rings (SSSR count). The van der Waals surface area contributed by atoms with Gasteiger partial charge < -0.3 is 4.42 Å². The molecule has 0 atom stereocenters. The fourth-order valence-corrected chi connectivity index (χ4v) is 3.51. The van der Waals surface area contributed by atoms with Gasteiger partial charge in [0, 0.05) is 16.1 Å². The van der Waals surface area contributed by atoms with Crippen molar-refractivity contribution in [1.82, 2.24) is 14.9 Å². The van der Waals surface area contributed by atoms with Crippen LogP contribution in [0, 0.1) is 0 Å². The standard InChI is InChI=1S/C17H16Br2N4OS/c1-11(2)16-21-22-17(25-10-12-3-5-13(18)6-4-12)23(16)20-9-14-7-8-15(19)24-14/h3-9,11H,10H2,1-2H3/b20-9+. The average Bonchev–Trinajstić information content (AvgIpc) is 3.18. The van der Waals surface area contributed by atoms with E-state index in [0.29, 0.717) is 10.4 Å². The summed E-state index contributed by atoms with van der Waals surface area (Å²) in [5, 5.41) is 13.9. The molecule has 2 aromatic heterocycles. The SMILES string of the molecule is CC(C)c1nnc(SCc2ccc(Br)cc2)n1/N=C/c1ccc(Br)o1. The summed E-state index contributed by atoms with van der Waals surface area (Å²) in [7, 11) is 0. The first kappa shape index (κ1) is 18.4. The summed E-state index contributed by atoms with van der Waals surface area (Å²) in [4.78, 5) is 0. The Morgan fingerprint density at radius 1 is 1.16 bits per heavy atom. The second-order valence-corrected chi connectivity index (χ2v) is 8.25. The molecule has 0 amide bonds. The number of rotatable bonds is 6. The summed E-state index contributed by atoms with van der Waals surface area (Å²) in [5.74, 6) is 2.50. The molecular weight excluding hydrogens is 468 g/mol. The van der Waals surface area contributed by atoms with E-state index in [9.17, 15) is 0 Å². The maximum absolute atomic E-state index is 5.46. The quantitative estimate of drug-likeness (QED) is 0.333. The largest absolute Gasteiger partial charge is 0.448 e. The van der Waals surface area contributed by atoms with E-state index in [2.05, 4.69) is 73.1 Å². The first-order valence-corrected chi connectivity index (χ1v) is 10.2. The predicted octanol–water partition coefficient (Wildman–Crippen LogP) is 5.69. The van der Waals surface area contributed by atoms with Crippen LogP contribution in [0.4, 0.5) is 0 Å². The molecule has 5 nitrogen and oxygen atoms in total. The second kappa shape index (κ2) is 8.33. The van der Waals surface area contributed by atoms with E-state index in [1.165, 1.54) is 5.56 Å². The van der Waals surface area contributed by atoms with Gasteiger partial charge in [0.2, 0.25) is 5.16 Å². The van der Waals surface area contributed by atoms with Crippen LogP contribution in [0.15, 0.2) is 60.2 Å². The second-order valence-electron chi connectivity index (χ2n) is 5.61. The molecule has 0 spiro atoms. The van der Waals surface area contributed by atoms with Gasteiger partial charge in [-0.1, -0.05) is 53.7 Å². The maximum atomic E-state index is 5.46. The van der Waals surface area contributed by atoms with Gasteiger partial charge in [-0.15, -0.1) is 10.2 Å². The molecule has 2 heterocycles. The van der Waals surface area contributed by atoms with Crippen molar-refractivity contribution in [2.24, 2.45) is 5.10 Å². The number of nitrogens with zero attached hydrogens (tertiary/aromatic N) is 4. The monoisotopic (exact) mass is 482 g/mol. The summed E-state index contributed by atoms with van der Waals surface area (Å²) in [6, 6.07) is 11.9. The van der Waals surface area contributed by atoms with Crippen LogP contribution < -0.4 is 0 Å². The van der Waals surface area contributed by atoms with E-state index in [0.717, 1.165) is 21.2 Å². The first-order valence-electron chi connectivity index (χ1n) is 7.65. The van der Waals surface area contributed by atoms with Crippen LogP contribution in [0.5, 0.6) is 0 Å². The summed E-state index contributed by atoms with van der Waals surface area (Å²) < 4.78 is 8.99. The van der Waals surface area contributed by atoms with Crippen molar-refractivity contribution in [1.29, 1.82) is 0 Å². The van der Waals surface area contributed by atoms with Crippen molar-refractivity contribution >= 4 is 49.8 Å². The van der Waals surface area contributed by atoms with Crippen molar-refractivity contribution in [3.63, 3.8) is 0 Å². The maximum Gasteiger partial charge on any atom is 0.212 e. The Bertz CT molecular complexity index is 871. The Hall–Kier alpha value is -1.38. The van der Waals surface area contributed by atoms with E-state index >= 15 is 0 Å². The highest BCUT2D eigenvalue weighted by Crippen LogP contribution is 2.25. The minimum atomic E-state index is 0.218. The fourth-order valence-electron chi connectivity index (χ4n) is 2.08. The Morgan fingerprint density at radius 3 is 2.56 bits per heavy atom. The van der Waals surface area contributed by atoms with Crippen molar-refractivity contribution in [3.8, 4) is 0 Å². The van der Waals surface area contributed by atoms with E-state index in [1.807, 2.05) is 24.3 Å². The lowest BCUT2D eigenvalue weighted by molar-refractivity contribution is 0.533. The minimum Gasteiger partial charge on any atom is -0.448 e. The smallest absolute Gasteiger partial charge is 0.212 e. The summed E-state index contributed by atoms with van der Waals surface area (Å²) >= 11 is 8.35. The third kappa shape index (κ3) is 4.83. The molecule has 0 saturated heterocycles. The number of hydrogen-bond donors (Lipinski definition) is 0. The number of thioether (sulfide) groups is 1. The molecule has 3 aromatic rings. The molecule has 0 aliphatic heterocycles. The molecule has 1 aromatic carbocycles. The Balaban J connectivity index is 1.81. The lowest BCUT2D eigenvalue weighted by atomic mass is 10.2. The van der Waals surface area contributed by atoms with Crippen molar-refractivity contribution < 1.29 is 4.42 Å². The van der Waals surface area contributed by atoms with Crippen LogP contribution in [0.2, 0.25) is 0 Å². The highest BCUT2D eigenvalue weighted by Gasteiger charge is 2.15. The number of furan rings is 1. The van der Waals surface area contributed by atoms with Gasteiger partial charge in [-0.3, -0.25) is 0 Å². The number of aromatic nitrogens is 3. The zero-order valence-corrected chi connectivity index (χ0v) is 17.7. The number of benzene rings is 1. The zero-order chi connectivity index (χ0) is 17.8. The summed E-state index contributed by atoms with van der Waals surface area (Å²) in [6.45, 7) is 4.14. The Morgan fingerprint density at radius 2 is 1.92 bits per heavy atom. The van der Waals surface area contributed by atoms with Gasteiger partial charge in [0.15, 0.2) is 10.5 Å². The van der Waals surface area contributed by atoms with Gasteiger partial charge in [0.1, 0.15) is 5.76 Å². The van der Waals surface area contributed by atoms with Crippen LogP contribution in [0.1, 0.15) is 36.9 Å². The van der Waals surface area contributed by atoms with Gasteiger partial charge in [0.25, 0.3) is 0 Å². The highest BCUT2D eigenvalue weighted by atomic mass is 79.9.